The summed E-state index contributed by atoms with van der Waals surface area (Å²) in [6.07, 6.45) is 7.76. The molecule has 0 aliphatic rings. The lowest BCUT2D eigenvalue weighted by Crippen LogP contribution is -2.02. The Bertz CT molecular complexity index is 154. The van der Waals surface area contributed by atoms with Crippen molar-refractivity contribution < 1.29 is 5.11 Å². The predicted octanol–water partition coefficient (Wildman–Crippen LogP) is 5.54. The Labute approximate surface area is 125 Å². The van der Waals surface area contributed by atoms with Gasteiger partial charge in [-0.3, -0.25) is 0 Å². The fourth-order valence-electron chi connectivity index (χ4n) is 1.05. The molecule has 0 saturated heterocycles. The van der Waals surface area contributed by atoms with E-state index in [0.29, 0.717) is 10.5 Å². The molecule has 0 heterocycles. The van der Waals surface area contributed by atoms with E-state index < -0.39 is 0 Å². The fraction of sp³-hybridized carbons (Fsp3) is 0.867. The summed E-state index contributed by atoms with van der Waals surface area (Å²) in [5.41, 5.74) is -0.202. The Morgan fingerprint density at radius 2 is 1.61 bits per heavy atom. The van der Waals surface area contributed by atoms with E-state index in [9.17, 15) is 0 Å². The highest BCUT2D eigenvalue weighted by Crippen LogP contribution is 2.18. The van der Waals surface area contributed by atoms with Crippen LogP contribution in [0.4, 0.5) is 0 Å². The van der Waals surface area contributed by atoms with E-state index in [1.165, 1.54) is 12.8 Å². The third-order valence-electron chi connectivity index (χ3n) is 1.60. The molecule has 0 spiro atoms. The summed E-state index contributed by atoms with van der Waals surface area (Å²) in [5.74, 6) is 0. The minimum Gasteiger partial charge on any atom is -0.383 e. The van der Waals surface area contributed by atoms with E-state index in [0.717, 1.165) is 6.42 Å². The monoisotopic (exact) mass is 294 g/mol. The van der Waals surface area contributed by atoms with Crippen molar-refractivity contribution in [1.82, 2.24) is 0 Å². The molecule has 0 aromatic heterocycles. The summed E-state index contributed by atoms with van der Waals surface area (Å²) in [4.78, 5) is 0. The summed E-state index contributed by atoms with van der Waals surface area (Å²) in [7, 11) is 0. The van der Waals surface area contributed by atoms with E-state index in [2.05, 4.69) is 45.6 Å². The van der Waals surface area contributed by atoms with Crippen molar-refractivity contribution in [2.24, 2.45) is 0 Å². The van der Waals surface area contributed by atoms with Gasteiger partial charge in [0, 0.05) is 5.25 Å². The summed E-state index contributed by atoms with van der Waals surface area (Å²) in [6, 6.07) is 0. The van der Waals surface area contributed by atoms with Gasteiger partial charge in [-0.1, -0.05) is 53.2 Å². The zero-order chi connectivity index (χ0) is 15.0. The summed E-state index contributed by atoms with van der Waals surface area (Å²) < 4.78 is 0. The van der Waals surface area contributed by atoms with Gasteiger partial charge >= 0.3 is 0 Å². The standard InChI is InChI=1S/C7H16OS.C5H10.C3H8S/c1-4-5-6(2)9-7(3)8;1-3-5-4-2;1-3(2)4/h6-8H,4-5H2,1-3H3;3,5H,4H2,1-2H3;3-4H,1-2H3/b;5-3+;. The second-order valence-electron chi connectivity index (χ2n) is 4.41. The zero-order valence-electron chi connectivity index (χ0n) is 13.3. The van der Waals surface area contributed by atoms with Crippen molar-refractivity contribution in [3.8, 4) is 0 Å². The topological polar surface area (TPSA) is 20.2 Å². The highest BCUT2D eigenvalue weighted by atomic mass is 32.2. The van der Waals surface area contributed by atoms with Gasteiger partial charge in [-0.15, -0.1) is 11.8 Å². The molecule has 18 heavy (non-hydrogen) atoms. The molecule has 0 rings (SSSR count). The molecule has 0 amide bonds. The van der Waals surface area contributed by atoms with Gasteiger partial charge in [-0.2, -0.15) is 12.6 Å². The molecule has 1 N–H and O–H groups in total. The van der Waals surface area contributed by atoms with Crippen LogP contribution in [0.5, 0.6) is 0 Å². The van der Waals surface area contributed by atoms with Crippen molar-refractivity contribution in [3.63, 3.8) is 0 Å². The molecule has 0 radical (unpaired) electrons. The molecule has 112 valence electrons. The number of allylic oxidation sites excluding steroid dienone is 2. The third kappa shape index (κ3) is 44.0. The van der Waals surface area contributed by atoms with Crippen LogP contribution in [-0.2, 0) is 0 Å². The van der Waals surface area contributed by atoms with Crippen LogP contribution in [0.15, 0.2) is 12.2 Å². The third-order valence-corrected chi connectivity index (χ3v) is 2.69. The first kappa shape index (κ1) is 23.5. The van der Waals surface area contributed by atoms with Gasteiger partial charge in [0.25, 0.3) is 0 Å². The van der Waals surface area contributed by atoms with Crippen LogP contribution in [0.1, 0.15) is 67.7 Å². The number of hydrogen-bond acceptors (Lipinski definition) is 3. The van der Waals surface area contributed by atoms with Crippen LogP contribution < -0.4 is 0 Å². The van der Waals surface area contributed by atoms with Gasteiger partial charge < -0.3 is 5.11 Å². The van der Waals surface area contributed by atoms with Crippen LogP contribution in [0.3, 0.4) is 0 Å². The first-order valence-electron chi connectivity index (χ1n) is 6.94. The second kappa shape index (κ2) is 19.7. The van der Waals surface area contributed by atoms with Crippen LogP contribution in [-0.4, -0.2) is 21.0 Å². The maximum atomic E-state index is 8.91. The molecule has 2 atom stereocenters. The first-order valence-corrected chi connectivity index (χ1v) is 8.40. The van der Waals surface area contributed by atoms with Gasteiger partial charge in [0.05, 0.1) is 5.44 Å². The lowest BCUT2D eigenvalue weighted by atomic mass is 10.3. The van der Waals surface area contributed by atoms with Crippen molar-refractivity contribution in [1.29, 1.82) is 0 Å². The lowest BCUT2D eigenvalue weighted by Gasteiger charge is -2.10. The van der Waals surface area contributed by atoms with Crippen LogP contribution in [0, 0.1) is 0 Å². The molecule has 0 fully saturated rings. The van der Waals surface area contributed by atoms with E-state index in [4.69, 9.17) is 5.11 Å². The Balaban J connectivity index is -0.000000212. The van der Waals surface area contributed by atoms with Gasteiger partial charge in [0.2, 0.25) is 0 Å². The quantitative estimate of drug-likeness (QED) is 0.394. The number of aliphatic hydroxyl groups excluding tert-OH is 1. The molecular formula is C15H34OS2. The van der Waals surface area contributed by atoms with Gasteiger partial charge in [0.15, 0.2) is 0 Å². The summed E-state index contributed by atoms with van der Waals surface area (Å²) in [6.45, 7) is 14.4. The maximum absolute atomic E-state index is 8.91. The molecule has 0 aliphatic carbocycles. The Kier molecular flexibility index (Phi) is 25.8. The number of thiol groups is 1. The smallest absolute Gasteiger partial charge is 0.0967 e. The fourth-order valence-corrected chi connectivity index (χ4v) is 2.09. The van der Waals surface area contributed by atoms with E-state index in [-0.39, 0.29) is 5.44 Å². The molecule has 0 bridgehead atoms. The molecule has 0 saturated carbocycles. The van der Waals surface area contributed by atoms with Gasteiger partial charge in [0.1, 0.15) is 0 Å². The highest BCUT2D eigenvalue weighted by molar-refractivity contribution is 8.00. The van der Waals surface area contributed by atoms with E-state index in [1.807, 2.05) is 27.7 Å². The SMILES string of the molecule is C/C=C/CC.CC(C)S.CCCC(C)SC(C)O. The minimum absolute atomic E-state index is 0.202. The summed E-state index contributed by atoms with van der Waals surface area (Å²) >= 11 is 5.60. The van der Waals surface area contributed by atoms with Crippen LogP contribution in [0.25, 0.3) is 0 Å². The van der Waals surface area contributed by atoms with Crippen molar-refractivity contribution in [3.05, 3.63) is 12.2 Å². The van der Waals surface area contributed by atoms with Crippen molar-refractivity contribution in [2.45, 2.75) is 83.7 Å². The Morgan fingerprint density at radius 3 is 1.78 bits per heavy atom. The average molecular weight is 295 g/mol. The van der Waals surface area contributed by atoms with E-state index in [1.54, 1.807) is 11.8 Å². The molecule has 0 aromatic rings. The number of rotatable bonds is 5. The molecule has 2 unspecified atom stereocenters. The second-order valence-corrected chi connectivity index (χ2v) is 7.20. The Morgan fingerprint density at radius 1 is 1.17 bits per heavy atom. The molecular weight excluding hydrogens is 260 g/mol. The predicted molar refractivity (Wildman–Crippen MR) is 92.9 cm³/mol. The van der Waals surface area contributed by atoms with E-state index >= 15 is 0 Å². The largest absolute Gasteiger partial charge is 0.383 e. The lowest BCUT2D eigenvalue weighted by molar-refractivity contribution is 0.283. The first-order chi connectivity index (χ1) is 8.31. The maximum Gasteiger partial charge on any atom is 0.0967 e. The average Bonchev–Trinajstić information content (AvgIpc) is 2.17. The number of hydrogen-bond donors (Lipinski definition) is 2. The number of thioether (sulfide) groups is 1. The summed E-state index contributed by atoms with van der Waals surface area (Å²) in [5, 5.41) is 10.0. The van der Waals surface area contributed by atoms with Crippen molar-refractivity contribution >= 4 is 24.4 Å². The van der Waals surface area contributed by atoms with Crippen molar-refractivity contribution in [2.75, 3.05) is 0 Å². The zero-order valence-corrected chi connectivity index (χ0v) is 15.0. The van der Waals surface area contributed by atoms with Gasteiger partial charge in [-0.25, -0.2) is 0 Å². The molecule has 3 heteroatoms. The Hall–Kier alpha value is 0.400. The van der Waals surface area contributed by atoms with Crippen LogP contribution >= 0.6 is 24.4 Å². The number of aliphatic hydroxyl groups is 1. The molecule has 1 nitrogen and oxygen atoms in total. The molecule has 0 aliphatic heterocycles. The van der Waals surface area contributed by atoms with Crippen LogP contribution in [0.2, 0.25) is 0 Å². The molecule has 0 aromatic carbocycles. The van der Waals surface area contributed by atoms with Gasteiger partial charge in [-0.05, 0) is 31.9 Å². The minimum atomic E-state index is -0.202. The normalized spacial score (nSPS) is 13.4. The highest BCUT2D eigenvalue weighted by Gasteiger charge is 2.03.